The van der Waals surface area contributed by atoms with Gasteiger partial charge in [0.05, 0.1) is 6.61 Å². The van der Waals surface area contributed by atoms with E-state index in [0.29, 0.717) is 0 Å². The van der Waals surface area contributed by atoms with Gasteiger partial charge in [0, 0.05) is 0 Å². The smallest absolute Gasteiger partial charge is 0.0905 e. The van der Waals surface area contributed by atoms with Crippen molar-refractivity contribution in [3.8, 4) is 0 Å². The molecule has 0 aromatic heterocycles. The van der Waals surface area contributed by atoms with Crippen LogP contribution in [0.3, 0.4) is 0 Å². The highest BCUT2D eigenvalue weighted by Gasteiger charge is 2.09. The molecule has 0 aliphatic heterocycles. The Morgan fingerprint density at radius 1 is 1.71 bits per heavy atom. The summed E-state index contributed by atoms with van der Waals surface area (Å²) in [7, 11) is 0. The van der Waals surface area contributed by atoms with Crippen LogP contribution in [0.5, 0.6) is 0 Å². The molecule has 7 heavy (non-hydrogen) atoms. The van der Waals surface area contributed by atoms with Crippen LogP contribution >= 0.6 is 0 Å². The first kappa shape index (κ1) is 6.92. The van der Waals surface area contributed by atoms with Crippen molar-refractivity contribution in [2.24, 2.45) is 5.41 Å². The highest BCUT2D eigenvalue weighted by molar-refractivity contribution is 4.67. The fourth-order valence-electron chi connectivity index (χ4n) is 0.160. The predicted molar refractivity (Wildman–Crippen MR) is 25.8 cm³/mol. The quantitative estimate of drug-likeness (QED) is 0.380. The van der Waals surface area contributed by atoms with E-state index >= 15 is 0 Å². The van der Waals surface area contributed by atoms with Crippen molar-refractivity contribution in [3.05, 3.63) is 6.92 Å². The summed E-state index contributed by atoms with van der Waals surface area (Å²) in [6, 6.07) is 0. The Morgan fingerprint density at radius 3 is 2.14 bits per heavy atom. The first-order valence-electron chi connectivity index (χ1n) is 2.16. The van der Waals surface area contributed by atoms with Crippen LogP contribution in [-0.4, -0.2) is 6.61 Å². The maximum Gasteiger partial charge on any atom is 0.0905 e. The van der Waals surface area contributed by atoms with Crippen LogP contribution in [0.2, 0.25) is 0 Å². The van der Waals surface area contributed by atoms with Crippen molar-refractivity contribution < 1.29 is 10.1 Å². The van der Waals surface area contributed by atoms with Crippen LogP contribution in [0.15, 0.2) is 0 Å². The molecule has 2 nitrogen and oxygen atoms in total. The van der Waals surface area contributed by atoms with Crippen LogP contribution in [0.25, 0.3) is 0 Å². The van der Waals surface area contributed by atoms with Crippen molar-refractivity contribution in [3.63, 3.8) is 0 Å². The molecule has 0 fully saturated rings. The minimum atomic E-state index is -0.234. The second kappa shape index (κ2) is 2.28. The highest BCUT2D eigenvalue weighted by atomic mass is 17.1. The standard InChI is InChI=1S/C5H10O2/c1-5(2,3)4-7-6/h1,4H2,2-3H3. The third-order valence-corrected chi connectivity index (χ3v) is 0.450. The Labute approximate surface area is 44.0 Å². The second-order valence-electron chi connectivity index (χ2n) is 2.43. The molecule has 0 heterocycles. The van der Waals surface area contributed by atoms with E-state index in [1.54, 1.807) is 0 Å². The molecular formula is C5H10O2. The van der Waals surface area contributed by atoms with Gasteiger partial charge in [0.15, 0.2) is 0 Å². The van der Waals surface area contributed by atoms with Crippen LogP contribution in [0, 0.1) is 12.3 Å². The van der Waals surface area contributed by atoms with Crippen molar-refractivity contribution in [2.45, 2.75) is 13.8 Å². The van der Waals surface area contributed by atoms with Crippen molar-refractivity contribution in [1.29, 1.82) is 0 Å². The van der Waals surface area contributed by atoms with Crippen molar-refractivity contribution >= 4 is 0 Å². The van der Waals surface area contributed by atoms with E-state index in [1.165, 1.54) is 0 Å². The molecule has 0 unspecified atom stereocenters. The molecule has 0 amide bonds. The summed E-state index contributed by atoms with van der Waals surface area (Å²) < 4.78 is 0. The van der Waals surface area contributed by atoms with E-state index in [2.05, 4.69) is 11.8 Å². The van der Waals surface area contributed by atoms with E-state index in [-0.39, 0.29) is 12.0 Å². The number of hydrogen-bond donors (Lipinski definition) is 0. The molecule has 0 saturated carbocycles. The van der Waals surface area contributed by atoms with Gasteiger partial charge in [-0.15, -0.1) is 0 Å². The van der Waals surface area contributed by atoms with E-state index in [1.807, 2.05) is 13.8 Å². The van der Waals surface area contributed by atoms with Gasteiger partial charge in [0.1, 0.15) is 0 Å². The molecule has 0 aromatic carbocycles. The Hall–Kier alpha value is -0.0800. The molecule has 0 aliphatic carbocycles. The lowest BCUT2D eigenvalue weighted by molar-refractivity contribution is -0.314. The molecule has 0 spiro atoms. The summed E-state index contributed by atoms with van der Waals surface area (Å²) in [6.45, 7) is 7.49. The average molecular weight is 102 g/mol. The van der Waals surface area contributed by atoms with Crippen LogP contribution in [-0.2, 0) is 10.1 Å². The molecule has 42 valence electrons. The second-order valence-corrected chi connectivity index (χ2v) is 2.43. The summed E-state index contributed by atoms with van der Waals surface area (Å²) in [5, 5.41) is 9.41. The SMILES string of the molecule is [CH2]C(C)(C)CO[O]. The third kappa shape index (κ3) is 5.92. The van der Waals surface area contributed by atoms with E-state index in [0.717, 1.165) is 0 Å². The Morgan fingerprint density at radius 2 is 2.14 bits per heavy atom. The molecule has 0 saturated heterocycles. The van der Waals surface area contributed by atoms with E-state index in [4.69, 9.17) is 0 Å². The van der Waals surface area contributed by atoms with Crippen LogP contribution in [0.4, 0.5) is 0 Å². The number of rotatable bonds is 2. The molecule has 0 atom stereocenters. The molecule has 2 heteroatoms. The monoisotopic (exact) mass is 102 g/mol. The molecule has 0 bridgehead atoms. The predicted octanol–water partition coefficient (Wildman–Crippen LogP) is 1.21. The van der Waals surface area contributed by atoms with Gasteiger partial charge in [-0.1, -0.05) is 13.8 Å². The molecule has 0 N–H and O–H groups in total. The van der Waals surface area contributed by atoms with E-state index < -0.39 is 0 Å². The lowest BCUT2D eigenvalue weighted by atomic mass is 9.99. The number of hydrogen-bond acceptors (Lipinski definition) is 1. The van der Waals surface area contributed by atoms with Gasteiger partial charge in [-0.3, -0.25) is 0 Å². The highest BCUT2D eigenvalue weighted by Crippen LogP contribution is 2.10. The summed E-state index contributed by atoms with van der Waals surface area (Å²) in [6.07, 6.45) is 0. The van der Waals surface area contributed by atoms with Gasteiger partial charge in [-0.25, -0.2) is 4.89 Å². The molecule has 0 aliphatic rings. The van der Waals surface area contributed by atoms with Gasteiger partial charge in [0.2, 0.25) is 0 Å². The first-order valence-corrected chi connectivity index (χ1v) is 2.16. The van der Waals surface area contributed by atoms with Gasteiger partial charge in [-0.2, -0.15) is 0 Å². The fraction of sp³-hybridized carbons (Fsp3) is 0.800. The summed E-state index contributed by atoms with van der Waals surface area (Å²) in [5.74, 6) is 0. The van der Waals surface area contributed by atoms with Crippen molar-refractivity contribution in [2.75, 3.05) is 6.61 Å². The zero-order valence-corrected chi connectivity index (χ0v) is 4.73. The Balaban J connectivity index is 3.15. The largest absolute Gasteiger partial charge is 0.203 e. The molecular weight excluding hydrogens is 92.1 g/mol. The van der Waals surface area contributed by atoms with E-state index in [9.17, 15) is 5.26 Å². The summed E-state index contributed by atoms with van der Waals surface area (Å²) >= 11 is 0. The lowest BCUT2D eigenvalue weighted by Gasteiger charge is -2.12. The molecule has 0 rings (SSSR count). The van der Waals surface area contributed by atoms with Crippen molar-refractivity contribution in [1.82, 2.24) is 0 Å². The lowest BCUT2D eigenvalue weighted by Crippen LogP contribution is -2.12. The normalized spacial score (nSPS) is 12.0. The van der Waals surface area contributed by atoms with Crippen LogP contribution < -0.4 is 0 Å². The maximum absolute atomic E-state index is 9.41. The topological polar surface area (TPSA) is 29.1 Å². The maximum atomic E-state index is 9.41. The third-order valence-electron chi connectivity index (χ3n) is 0.450. The fourth-order valence-corrected chi connectivity index (χ4v) is 0.160. The zero-order valence-electron chi connectivity index (χ0n) is 4.73. The minimum Gasteiger partial charge on any atom is -0.203 e. The van der Waals surface area contributed by atoms with Gasteiger partial charge < -0.3 is 0 Å². The minimum absolute atomic E-state index is 0.174. The van der Waals surface area contributed by atoms with Crippen LogP contribution in [0.1, 0.15) is 13.8 Å². The summed E-state index contributed by atoms with van der Waals surface area (Å²) in [4.78, 5) is 3.59. The molecule has 2 radical (unpaired) electrons. The Bertz CT molecular complexity index is 44.5. The van der Waals surface area contributed by atoms with Gasteiger partial charge in [0.25, 0.3) is 0 Å². The van der Waals surface area contributed by atoms with Gasteiger partial charge in [-0.05, 0) is 17.6 Å². The zero-order chi connectivity index (χ0) is 5.91. The first-order chi connectivity index (χ1) is 3.06. The Kier molecular flexibility index (Phi) is 2.26. The average Bonchev–Trinajstić information content (AvgIpc) is 1.30. The summed E-state index contributed by atoms with van der Waals surface area (Å²) in [5.41, 5.74) is -0.234. The van der Waals surface area contributed by atoms with Gasteiger partial charge >= 0.3 is 0 Å². The molecule has 0 aromatic rings.